The molecule has 0 saturated carbocycles. The maximum atomic E-state index is 12.1. The zero-order valence-corrected chi connectivity index (χ0v) is 18.0. The maximum Gasteiger partial charge on any atom is 0.255 e. The Hall–Kier alpha value is -2.30. The number of halogens is 1. The molecule has 1 aliphatic rings. The molecule has 1 fully saturated rings. The van der Waals surface area contributed by atoms with Crippen LogP contribution in [-0.4, -0.2) is 29.1 Å². The van der Waals surface area contributed by atoms with Crippen LogP contribution in [0, 0.1) is 20.8 Å². The molecule has 0 bridgehead atoms. The molecule has 2 aromatic carbocycles. The van der Waals surface area contributed by atoms with Crippen LogP contribution in [0.25, 0.3) is 10.8 Å². The lowest BCUT2D eigenvalue weighted by molar-refractivity contribution is 0.0964. The summed E-state index contributed by atoms with van der Waals surface area (Å²) >= 11 is 6.40. The average molecular weight is 411 g/mol. The van der Waals surface area contributed by atoms with Crippen LogP contribution in [0.15, 0.2) is 41.3 Å². The fourth-order valence-electron chi connectivity index (χ4n) is 4.04. The molecule has 4 nitrogen and oxygen atoms in total. The molecule has 4 rings (SSSR count). The third kappa shape index (κ3) is 4.34. The molecule has 0 amide bonds. The number of rotatable bonds is 4. The van der Waals surface area contributed by atoms with Crippen molar-refractivity contribution in [2.75, 3.05) is 13.1 Å². The number of likely N-dealkylation sites (tertiary alicyclic amines) is 1. The van der Waals surface area contributed by atoms with Crippen molar-refractivity contribution in [3.8, 4) is 5.75 Å². The van der Waals surface area contributed by atoms with Crippen molar-refractivity contribution in [1.82, 2.24) is 9.88 Å². The second-order valence-corrected chi connectivity index (χ2v) is 8.56. The van der Waals surface area contributed by atoms with Gasteiger partial charge in [-0.1, -0.05) is 23.7 Å². The van der Waals surface area contributed by atoms with E-state index in [1.807, 2.05) is 32.0 Å². The summed E-state index contributed by atoms with van der Waals surface area (Å²) < 4.78 is 6.36. The van der Waals surface area contributed by atoms with Crippen molar-refractivity contribution in [1.29, 1.82) is 0 Å². The number of aromatic nitrogens is 1. The minimum atomic E-state index is -0.0525. The van der Waals surface area contributed by atoms with Crippen LogP contribution in [-0.2, 0) is 6.54 Å². The molecule has 0 spiro atoms. The van der Waals surface area contributed by atoms with Crippen LogP contribution in [0.2, 0.25) is 5.02 Å². The highest BCUT2D eigenvalue weighted by molar-refractivity contribution is 6.31. The van der Waals surface area contributed by atoms with Crippen molar-refractivity contribution in [3.05, 3.63) is 74.2 Å². The number of piperidine rings is 1. The number of fused-ring (bicyclic) bond motifs is 1. The summed E-state index contributed by atoms with van der Waals surface area (Å²) in [7, 11) is 0. The Kier molecular flexibility index (Phi) is 5.66. The third-order valence-corrected chi connectivity index (χ3v) is 6.19. The monoisotopic (exact) mass is 410 g/mol. The van der Waals surface area contributed by atoms with Gasteiger partial charge in [-0.15, -0.1) is 0 Å². The quantitative estimate of drug-likeness (QED) is 0.646. The van der Waals surface area contributed by atoms with Gasteiger partial charge in [-0.05, 0) is 79.5 Å². The molecule has 0 aliphatic carbocycles. The van der Waals surface area contributed by atoms with Gasteiger partial charge in [0.1, 0.15) is 11.9 Å². The number of ether oxygens (including phenoxy) is 1. The summed E-state index contributed by atoms with van der Waals surface area (Å²) in [6, 6.07) is 10.2. The summed E-state index contributed by atoms with van der Waals surface area (Å²) in [5.74, 6) is 0.881. The van der Waals surface area contributed by atoms with Gasteiger partial charge in [0, 0.05) is 36.2 Å². The number of aryl methyl sites for hydroxylation is 3. The molecule has 1 aliphatic heterocycles. The lowest BCUT2D eigenvalue weighted by Crippen LogP contribution is -2.37. The Morgan fingerprint density at radius 3 is 2.55 bits per heavy atom. The van der Waals surface area contributed by atoms with Crippen LogP contribution >= 0.6 is 11.6 Å². The molecule has 1 aromatic heterocycles. The predicted octanol–water partition coefficient (Wildman–Crippen LogP) is 5.15. The lowest BCUT2D eigenvalue weighted by atomic mass is 10.0. The fraction of sp³-hybridized carbons (Fsp3) is 0.375. The summed E-state index contributed by atoms with van der Waals surface area (Å²) in [6.07, 6.45) is 3.92. The van der Waals surface area contributed by atoms with E-state index in [1.165, 1.54) is 11.1 Å². The Morgan fingerprint density at radius 2 is 1.83 bits per heavy atom. The average Bonchev–Trinajstić information content (AvgIpc) is 2.69. The van der Waals surface area contributed by atoms with E-state index in [9.17, 15) is 4.79 Å². The summed E-state index contributed by atoms with van der Waals surface area (Å²) in [5, 5.41) is 2.53. The maximum absolute atomic E-state index is 12.1. The van der Waals surface area contributed by atoms with Crippen molar-refractivity contribution in [2.24, 2.45) is 0 Å². The van der Waals surface area contributed by atoms with Crippen LogP contribution in [0.3, 0.4) is 0 Å². The first-order valence-corrected chi connectivity index (χ1v) is 10.5. The standard InChI is InChI=1S/C24H27ClN2O2/c1-15-4-5-18(22(25)10-15)14-27-8-6-19(7-9-27)29-23-12-20-17(3)13-26-24(28)21(20)11-16(23)2/h4-5,10-13,19H,6-9,14H2,1-3H3,(H,26,28). The minimum absolute atomic E-state index is 0.0525. The number of nitrogens with zero attached hydrogens (tertiary/aromatic N) is 1. The van der Waals surface area contributed by atoms with Crippen molar-refractivity contribution < 1.29 is 4.74 Å². The van der Waals surface area contributed by atoms with Gasteiger partial charge in [-0.25, -0.2) is 0 Å². The van der Waals surface area contributed by atoms with Crippen molar-refractivity contribution in [2.45, 2.75) is 46.3 Å². The largest absolute Gasteiger partial charge is 0.490 e. The molecular weight excluding hydrogens is 384 g/mol. The molecule has 1 saturated heterocycles. The molecule has 152 valence electrons. The molecular formula is C24H27ClN2O2. The third-order valence-electron chi connectivity index (χ3n) is 5.84. The molecule has 0 unspecified atom stereocenters. The van der Waals surface area contributed by atoms with Crippen LogP contribution in [0.4, 0.5) is 0 Å². The predicted molar refractivity (Wildman–Crippen MR) is 119 cm³/mol. The van der Waals surface area contributed by atoms with Gasteiger partial charge in [0.05, 0.1) is 0 Å². The van der Waals surface area contributed by atoms with Gasteiger partial charge >= 0.3 is 0 Å². The van der Waals surface area contributed by atoms with E-state index in [-0.39, 0.29) is 11.7 Å². The van der Waals surface area contributed by atoms with Crippen LogP contribution < -0.4 is 10.3 Å². The number of hydrogen-bond donors (Lipinski definition) is 1. The van der Waals surface area contributed by atoms with Crippen molar-refractivity contribution in [3.63, 3.8) is 0 Å². The molecule has 1 N–H and O–H groups in total. The SMILES string of the molecule is Cc1ccc(CN2CCC(Oc3cc4c(C)c[nH]c(=O)c4cc3C)CC2)c(Cl)c1. The Morgan fingerprint density at radius 1 is 1.07 bits per heavy atom. The summed E-state index contributed by atoms with van der Waals surface area (Å²) in [4.78, 5) is 17.3. The number of hydrogen-bond acceptors (Lipinski definition) is 3. The van der Waals surface area contributed by atoms with Crippen LogP contribution in [0.1, 0.15) is 35.1 Å². The van der Waals surface area contributed by atoms with Gasteiger partial charge in [-0.2, -0.15) is 0 Å². The van der Waals surface area contributed by atoms with E-state index in [4.69, 9.17) is 16.3 Å². The number of nitrogens with one attached hydrogen (secondary N) is 1. The molecule has 5 heteroatoms. The smallest absolute Gasteiger partial charge is 0.255 e. The van der Waals surface area contributed by atoms with Gasteiger partial charge in [0.25, 0.3) is 5.56 Å². The highest BCUT2D eigenvalue weighted by atomic mass is 35.5. The topological polar surface area (TPSA) is 45.3 Å². The van der Waals surface area contributed by atoms with E-state index in [2.05, 4.69) is 28.9 Å². The van der Waals surface area contributed by atoms with Crippen LogP contribution in [0.5, 0.6) is 5.75 Å². The van der Waals surface area contributed by atoms with E-state index < -0.39 is 0 Å². The lowest BCUT2D eigenvalue weighted by Gasteiger charge is -2.32. The van der Waals surface area contributed by atoms with Gasteiger partial charge in [0.2, 0.25) is 0 Å². The summed E-state index contributed by atoms with van der Waals surface area (Å²) in [6.45, 7) is 8.92. The number of H-pyrrole nitrogens is 1. The normalized spacial score (nSPS) is 15.7. The molecule has 3 aromatic rings. The molecule has 29 heavy (non-hydrogen) atoms. The number of pyridine rings is 1. The second-order valence-electron chi connectivity index (χ2n) is 8.15. The number of benzene rings is 2. The summed E-state index contributed by atoms with van der Waals surface area (Å²) in [5.41, 5.74) is 4.37. The van der Waals surface area contributed by atoms with Gasteiger partial charge in [-0.3, -0.25) is 9.69 Å². The van der Waals surface area contributed by atoms with E-state index in [0.29, 0.717) is 0 Å². The Balaban J connectivity index is 1.42. The van der Waals surface area contributed by atoms with E-state index >= 15 is 0 Å². The van der Waals surface area contributed by atoms with Crippen molar-refractivity contribution >= 4 is 22.4 Å². The Bertz CT molecular complexity index is 1100. The highest BCUT2D eigenvalue weighted by Gasteiger charge is 2.22. The van der Waals surface area contributed by atoms with Gasteiger partial charge < -0.3 is 9.72 Å². The first-order chi connectivity index (χ1) is 13.9. The molecule has 2 heterocycles. The van der Waals surface area contributed by atoms with Gasteiger partial charge in [0.15, 0.2) is 0 Å². The first kappa shape index (κ1) is 20.0. The zero-order chi connectivity index (χ0) is 20.5. The minimum Gasteiger partial charge on any atom is -0.490 e. The van der Waals surface area contributed by atoms with E-state index in [1.54, 1.807) is 6.20 Å². The van der Waals surface area contributed by atoms with E-state index in [0.717, 1.165) is 65.1 Å². The second kappa shape index (κ2) is 8.21. The zero-order valence-electron chi connectivity index (χ0n) is 17.2. The fourth-order valence-corrected chi connectivity index (χ4v) is 4.34. The number of aromatic amines is 1. The Labute approximate surface area is 176 Å². The molecule has 0 radical (unpaired) electrons. The highest BCUT2D eigenvalue weighted by Crippen LogP contribution is 2.29. The molecule has 0 atom stereocenters. The first-order valence-electron chi connectivity index (χ1n) is 10.2.